The Labute approximate surface area is 93.4 Å². The highest BCUT2D eigenvalue weighted by Gasteiger charge is 2.00. The average molecular weight is 220 g/mol. The summed E-state index contributed by atoms with van der Waals surface area (Å²) in [4.78, 5) is 2.76. The van der Waals surface area contributed by atoms with Gasteiger partial charge >= 0.3 is 0 Å². The third-order valence-electron chi connectivity index (χ3n) is 2.36. The van der Waals surface area contributed by atoms with Crippen LogP contribution in [0.25, 0.3) is 0 Å². The van der Waals surface area contributed by atoms with Gasteiger partial charge in [-0.2, -0.15) is 0 Å². The van der Waals surface area contributed by atoms with Crippen LogP contribution in [0, 0.1) is 5.82 Å². The molecule has 0 bridgehead atoms. The SMILES string of the molecule is CCc1ccc(Cc2ccc(F)cc2)s1. The van der Waals surface area contributed by atoms with E-state index < -0.39 is 0 Å². The molecule has 0 aliphatic heterocycles. The van der Waals surface area contributed by atoms with Gasteiger partial charge in [-0.3, -0.25) is 0 Å². The number of aryl methyl sites for hydroxylation is 1. The monoisotopic (exact) mass is 220 g/mol. The van der Waals surface area contributed by atoms with E-state index in [1.165, 1.54) is 27.5 Å². The van der Waals surface area contributed by atoms with Crippen molar-refractivity contribution in [1.82, 2.24) is 0 Å². The minimum absolute atomic E-state index is 0.167. The normalized spacial score (nSPS) is 10.5. The molecule has 0 aliphatic carbocycles. The predicted molar refractivity (Wildman–Crippen MR) is 62.9 cm³/mol. The second-order valence-corrected chi connectivity index (χ2v) is 4.78. The summed E-state index contributed by atoms with van der Waals surface area (Å²) >= 11 is 1.84. The number of hydrogen-bond acceptors (Lipinski definition) is 1. The quantitative estimate of drug-likeness (QED) is 0.732. The molecule has 0 nitrogen and oxygen atoms in total. The fourth-order valence-electron chi connectivity index (χ4n) is 1.51. The molecule has 1 aromatic carbocycles. The first kappa shape index (κ1) is 10.4. The fourth-order valence-corrected chi connectivity index (χ4v) is 2.50. The van der Waals surface area contributed by atoms with E-state index in [0.29, 0.717) is 0 Å². The predicted octanol–water partition coefficient (Wildman–Crippen LogP) is 4.04. The fraction of sp³-hybridized carbons (Fsp3) is 0.231. The van der Waals surface area contributed by atoms with E-state index in [-0.39, 0.29) is 5.82 Å². The standard InChI is InChI=1S/C13H13FS/c1-2-12-7-8-13(15-12)9-10-3-5-11(14)6-4-10/h3-8H,2,9H2,1H3. The van der Waals surface area contributed by atoms with E-state index in [9.17, 15) is 4.39 Å². The number of hydrogen-bond donors (Lipinski definition) is 0. The van der Waals surface area contributed by atoms with Crippen molar-refractivity contribution < 1.29 is 4.39 Å². The van der Waals surface area contributed by atoms with Crippen molar-refractivity contribution in [1.29, 1.82) is 0 Å². The number of halogens is 1. The molecule has 0 amide bonds. The Balaban J connectivity index is 2.11. The molecule has 0 unspecified atom stereocenters. The largest absolute Gasteiger partial charge is 0.207 e. The van der Waals surface area contributed by atoms with Crippen LogP contribution >= 0.6 is 11.3 Å². The van der Waals surface area contributed by atoms with E-state index in [1.807, 2.05) is 23.5 Å². The van der Waals surface area contributed by atoms with Crippen LogP contribution in [0.5, 0.6) is 0 Å². The Morgan fingerprint density at radius 2 is 1.67 bits per heavy atom. The Bertz CT molecular complexity index is 428. The number of rotatable bonds is 3. The molecule has 2 aromatic rings. The Kier molecular flexibility index (Phi) is 3.17. The van der Waals surface area contributed by atoms with Crippen molar-refractivity contribution in [2.24, 2.45) is 0 Å². The van der Waals surface area contributed by atoms with Crippen LogP contribution in [0.2, 0.25) is 0 Å². The third kappa shape index (κ3) is 2.66. The van der Waals surface area contributed by atoms with Gasteiger partial charge in [-0.1, -0.05) is 19.1 Å². The first-order valence-electron chi connectivity index (χ1n) is 5.10. The lowest BCUT2D eigenvalue weighted by molar-refractivity contribution is 0.627. The van der Waals surface area contributed by atoms with Crippen LogP contribution in [0.15, 0.2) is 36.4 Å². The van der Waals surface area contributed by atoms with Crippen molar-refractivity contribution in [3.63, 3.8) is 0 Å². The molecule has 0 radical (unpaired) electrons. The average Bonchev–Trinajstić information content (AvgIpc) is 2.69. The summed E-state index contributed by atoms with van der Waals surface area (Å²) < 4.78 is 12.7. The highest BCUT2D eigenvalue weighted by atomic mass is 32.1. The molecule has 0 saturated carbocycles. The van der Waals surface area contributed by atoms with E-state index in [2.05, 4.69) is 19.1 Å². The van der Waals surface area contributed by atoms with Crippen LogP contribution < -0.4 is 0 Å². The molecular weight excluding hydrogens is 207 g/mol. The Hall–Kier alpha value is -1.15. The van der Waals surface area contributed by atoms with Gasteiger partial charge in [0.1, 0.15) is 5.82 Å². The van der Waals surface area contributed by atoms with Gasteiger partial charge in [0.25, 0.3) is 0 Å². The molecule has 0 N–H and O–H groups in total. The zero-order valence-corrected chi connectivity index (χ0v) is 9.48. The van der Waals surface area contributed by atoms with Gasteiger partial charge in [-0.05, 0) is 36.2 Å². The summed E-state index contributed by atoms with van der Waals surface area (Å²) in [6.45, 7) is 2.16. The molecule has 0 fully saturated rings. The van der Waals surface area contributed by atoms with E-state index in [4.69, 9.17) is 0 Å². The lowest BCUT2D eigenvalue weighted by atomic mass is 10.1. The summed E-state index contributed by atoms with van der Waals surface area (Å²) in [6.07, 6.45) is 2.00. The second kappa shape index (κ2) is 4.58. The van der Waals surface area contributed by atoms with Gasteiger partial charge in [-0.15, -0.1) is 11.3 Å². The van der Waals surface area contributed by atoms with Gasteiger partial charge in [0.05, 0.1) is 0 Å². The van der Waals surface area contributed by atoms with Crippen LogP contribution in [0.1, 0.15) is 22.2 Å². The van der Waals surface area contributed by atoms with Crippen LogP contribution in [0.3, 0.4) is 0 Å². The lowest BCUT2D eigenvalue weighted by Crippen LogP contribution is -1.84. The van der Waals surface area contributed by atoms with E-state index >= 15 is 0 Å². The summed E-state index contributed by atoms with van der Waals surface area (Å²) in [5, 5.41) is 0. The maximum absolute atomic E-state index is 12.7. The number of benzene rings is 1. The van der Waals surface area contributed by atoms with Crippen LogP contribution in [0.4, 0.5) is 4.39 Å². The minimum atomic E-state index is -0.167. The Morgan fingerprint density at radius 3 is 2.27 bits per heavy atom. The summed E-state index contributed by atoms with van der Waals surface area (Å²) in [5.41, 5.74) is 1.17. The maximum atomic E-state index is 12.7. The molecule has 2 heteroatoms. The molecule has 1 aromatic heterocycles. The summed E-state index contributed by atoms with van der Waals surface area (Å²) in [5.74, 6) is -0.167. The topological polar surface area (TPSA) is 0 Å². The van der Waals surface area contributed by atoms with E-state index in [0.717, 1.165) is 12.8 Å². The van der Waals surface area contributed by atoms with E-state index in [1.54, 1.807) is 0 Å². The van der Waals surface area contributed by atoms with Crippen LogP contribution in [-0.2, 0) is 12.8 Å². The highest BCUT2D eigenvalue weighted by Crippen LogP contribution is 2.20. The molecule has 2 rings (SSSR count). The van der Waals surface area contributed by atoms with Gasteiger partial charge in [0.15, 0.2) is 0 Å². The minimum Gasteiger partial charge on any atom is -0.207 e. The summed E-state index contributed by atoms with van der Waals surface area (Å²) in [7, 11) is 0. The molecule has 1 heterocycles. The molecule has 78 valence electrons. The lowest BCUT2D eigenvalue weighted by Gasteiger charge is -1.97. The molecule has 0 atom stereocenters. The van der Waals surface area contributed by atoms with Gasteiger partial charge < -0.3 is 0 Å². The molecule has 15 heavy (non-hydrogen) atoms. The zero-order valence-electron chi connectivity index (χ0n) is 8.66. The van der Waals surface area contributed by atoms with Gasteiger partial charge in [0, 0.05) is 16.2 Å². The van der Waals surface area contributed by atoms with Gasteiger partial charge in [0.2, 0.25) is 0 Å². The maximum Gasteiger partial charge on any atom is 0.123 e. The molecule has 0 aliphatic rings. The van der Waals surface area contributed by atoms with Gasteiger partial charge in [-0.25, -0.2) is 4.39 Å². The van der Waals surface area contributed by atoms with Crippen molar-refractivity contribution in [3.8, 4) is 0 Å². The summed E-state index contributed by atoms with van der Waals surface area (Å²) in [6, 6.07) is 11.1. The van der Waals surface area contributed by atoms with Crippen molar-refractivity contribution in [2.45, 2.75) is 19.8 Å². The molecular formula is C13H13FS. The van der Waals surface area contributed by atoms with Crippen molar-refractivity contribution in [3.05, 3.63) is 57.5 Å². The van der Waals surface area contributed by atoms with Crippen molar-refractivity contribution in [2.75, 3.05) is 0 Å². The van der Waals surface area contributed by atoms with Crippen LogP contribution in [-0.4, -0.2) is 0 Å². The van der Waals surface area contributed by atoms with Crippen molar-refractivity contribution >= 4 is 11.3 Å². The first-order chi connectivity index (χ1) is 7.28. The second-order valence-electron chi connectivity index (χ2n) is 3.52. The Morgan fingerprint density at radius 1 is 1.00 bits per heavy atom. The zero-order chi connectivity index (χ0) is 10.7. The highest BCUT2D eigenvalue weighted by molar-refractivity contribution is 7.12. The third-order valence-corrected chi connectivity index (χ3v) is 3.59. The number of thiophene rings is 1. The molecule has 0 spiro atoms. The smallest absolute Gasteiger partial charge is 0.123 e. The first-order valence-corrected chi connectivity index (χ1v) is 5.91. The molecule has 0 saturated heterocycles.